The Bertz CT molecular complexity index is 1130. The normalized spacial score (nSPS) is 11.4. The lowest BCUT2D eigenvalue weighted by Gasteiger charge is -2.20. The fourth-order valence-electron chi connectivity index (χ4n) is 3.51. The van der Waals surface area contributed by atoms with E-state index in [9.17, 15) is 13.2 Å². The standard InChI is InChI=1S/C24H33N3O5S2/c1-7-27(8-2)34(29,30)19-10-12-22(31-6)21(14-19)25-24(33)26-23(28)15-32-18-9-11-20(16(3)4)17(5)13-18/h9-14,16H,7-8,15H2,1-6H3,(H2,25,26,28,33). The van der Waals surface area contributed by atoms with Gasteiger partial charge in [0.05, 0.1) is 17.7 Å². The van der Waals surface area contributed by atoms with Gasteiger partial charge in [0, 0.05) is 13.1 Å². The molecule has 0 aromatic heterocycles. The summed E-state index contributed by atoms with van der Waals surface area (Å²) >= 11 is 5.24. The zero-order chi connectivity index (χ0) is 25.5. The summed E-state index contributed by atoms with van der Waals surface area (Å²) < 4.78 is 37.9. The third kappa shape index (κ3) is 6.91. The van der Waals surface area contributed by atoms with Gasteiger partial charge in [0.15, 0.2) is 11.7 Å². The molecule has 8 nitrogen and oxygen atoms in total. The Morgan fingerprint density at radius 3 is 2.35 bits per heavy atom. The number of anilines is 1. The van der Waals surface area contributed by atoms with Crippen molar-refractivity contribution in [2.75, 3.05) is 32.1 Å². The molecule has 10 heteroatoms. The highest BCUT2D eigenvalue weighted by Gasteiger charge is 2.23. The van der Waals surface area contributed by atoms with Crippen LogP contribution in [-0.2, 0) is 14.8 Å². The highest BCUT2D eigenvalue weighted by atomic mass is 32.2. The van der Waals surface area contributed by atoms with E-state index in [-0.39, 0.29) is 16.6 Å². The molecule has 0 aliphatic heterocycles. The highest BCUT2D eigenvalue weighted by molar-refractivity contribution is 7.89. The first kappa shape index (κ1) is 27.6. The van der Waals surface area contributed by atoms with Crippen LogP contribution < -0.4 is 20.1 Å². The van der Waals surface area contributed by atoms with Gasteiger partial charge in [0.1, 0.15) is 11.5 Å². The Kier molecular flexibility index (Phi) is 9.84. The molecule has 0 heterocycles. The number of aryl methyl sites for hydroxylation is 1. The molecule has 0 spiro atoms. The van der Waals surface area contributed by atoms with Crippen molar-refractivity contribution >= 4 is 38.9 Å². The summed E-state index contributed by atoms with van der Waals surface area (Å²) in [6.45, 7) is 10.3. The van der Waals surface area contributed by atoms with Gasteiger partial charge in [-0.05, 0) is 66.5 Å². The van der Waals surface area contributed by atoms with E-state index in [4.69, 9.17) is 21.7 Å². The molecule has 2 aromatic rings. The molecule has 0 unspecified atom stereocenters. The second-order valence-corrected chi connectivity index (χ2v) is 10.3. The van der Waals surface area contributed by atoms with Gasteiger partial charge >= 0.3 is 0 Å². The van der Waals surface area contributed by atoms with Crippen LogP contribution >= 0.6 is 12.2 Å². The van der Waals surface area contributed by atoms with E-state index >= 15 is 0 Å². The van der Waals surface area contributed by atoms with Gasteiger partial charge in [-0.2, -0.15) is 4.31 Å². The SMILES string of the molecule is CCN(CC)S(=O)(=O)c1ccc(OC)c(NC(=S)NC(=O)COc2ccc(C(C)C)c(C)c2)c1. The maximum Gasteiger partial charge on any atom is 0.264 e. The van der Waals surface area contributed by atoms with Crippen molar-refractivity contribution in [3.05, 3.63) is 47.5 Å². The number of methoxy groups -OCH3 is 1. The van der Waals surface area contributed by atoms with Crippen molar-refractivity contribution in [3.63, 3.8) is 0 Å². The predicted molar refractivity (Wildman–Crippen MR) is 138 cm³/mol. The Balaban J connectivity index is 2.06. The Hall–Kier alpha value is -2.69. The van der Waals surface area contributed by atoms with Crippen LogP contribution in [0.15, 0.2) is 41.3 Å². The Labute approximate surface area is 207 Å². The highest BCUT2D eigenvalue weighted by Crippen LogP contribution is 2.29. The minimum atomic E-state index is -3.67. The Morgan fingerprint density at radius 2 is 1.79 bits per heavy atom. The zero-order valence-corrected chi connectivity index (χ0v) is 22.1. The van der Waals surface area contributed by atoms with Gasteiger partial charge in [0.2, 0.25) is 10.0 Å². The van der Waals surface area contributed by atoms with Gasteiger partial charge in [-0.3, -0.25) is 10.1 Å². The quantitative estimate of drug-likeness (QED) is 0.468. The molecule has 0 aliphatic rings. The molecule has 2 aromatic carbocycles. The summed E-state index contributed by atoms with van der Waals surface area (Å²) in [5, 5.41) is 5.38. The minimum Gasteiger partial charge on any atom is -0.495 e. The fourth-order valence-corrected chi connectivity index (χ4v) is 5.22. The average molecular weight is 508 g/mol. The van der Waals surface area contributed by atoms with Crippen LogP contribution in [0.3, 0.4) is 0 Å². The maximum atomic E-state index is 12.9. The van der Waals surface area contributed by atoms with Crippen LogP contribution in [0, 0.1) is 6.92 Å². The van der Waals surface area contributed by atoms with E-state index in [0.29, 0.717) is 36.2 Å². The summed E-state index contributed by atoms with van der Waals surface area (Å²) in [6, 6.07) is 10.2. The first-order valence-corrected chi connectivity index (χ1v) is 12.9. The second kappa shape index (κ2) is 12.1. The molecule has 186 valence electrons. The van der Waals surface area contributed by atoms with Gasteiger partial charge in [-0.15, -0.1) is 0 Å². The van der Waals surface area contributed by atoms with Gasteiger partial charge in [-0.25, -0.2) is 8.42 Å². The summed E-state index contributed by atoms with van der Waals surface area (Å²) in [5.41, 5.74) is 2.64. The summed E-state index contributed by atoms with van der Waals surface area (Å²) in [5.74, 6) is 0.922. The van der Waals surface area contributed by atoms with Crippen LogP contribution in [-0.4, -0.2) is 50.5 Å². The van der Waals surface area contributed by atoms with Crippen LogP contribution in [0.2, 0.25) is 0 Å². The zero-order valence-electron chi connectivity index (χ0n) is 20.5. The number of nitrogens with one attached hydrogen (secondary N) is 2. The molecule has 0 atom stereocenters. The van der Waals surface area contributed by atoms with Crippen molar-refractivity contribution in [2.24, 2.45) is 0 Å². The number of thiocarbonyl (C=S) groups is 1. The number of hydrogen-bond acceptors (Lipinski definition) is 6. The molecule has 2 rings (SSSR count). The molecule has 0 aliphatic carbocycles. The molecule has 0 bridgehead atoms. The molecular weight excluding hydrogens is 474 g/mol. The van der Waals surface area contributed by atoms with Gasteiger partial charge in [0.25, 0.3) is 5.91 Å². The monoisotopic (exact) mass is 507 g/mol. The van der Waals surface area contributed by atoms with E-state index in [0.717, 1.165) is 5.56 Å². The number of carbonyl (C=O) groups excluding carboxylic acids is 1. The van der Waals surface area contributed by atoms with Crippen molar-refractivity contribution in [2.45, 2.75) is 45.4 Å². The number of amides is 1. The number of sulfonamides is 1. The number of nitrogens with zero attached hydrogens (tertiary/aromatic N) is 1. The molecule has 0 radical (unpaired) electrons. The molecule has 0 fully saturated rings. The first-order chi connectivity index (χ1) is 16.0. The lowest BCUT2D eigenvalue weighted by Crippen LogP contribution is -2.37. The number of hydrogen-bond donors (Lipinski definition) is 2. The number of benzene rings is 2. The van der Waals surface area contributed by atoms with E-state index in [1.807, 2.05) is 25.1 Å². The van der Waals surface area contributed by atoms with Crippen LogP contribution in [0.5, 0.6) is 11.5 Å². The number of ether oxygens (including phenoxy) is 2. The Morgan fingerprint density at radius 1 is 1.12 bits per heavy atom. The van der Waals surface area contributed by atoms with E-state index < -0.39 is 15.9 Å². The van der Waals surface area contributed by atoms with E-state index in [2.05, 4.69) is 24.5 Å². The van der Waals surface area contributed by atoms with Crippen molar-refractivity contribution < 1.29 is 22.7 Å². The summed E-state index contributed by atoms with van der Waals surface area (Å²) in [7, 11) is -2.21. The van der Waals surface area contributed by atoms with Gasteiger partial charge < -0.3 is 14.8 Å². The number of rotatable bonds is 10. The average Bonchev–Trinajstić information content (AvgIpc) is 2.78. The largest absolute Gasteiger partial charge is 0.495 e. The number of carbonyl (C=O) groups is 1. The van der Waals surface area contributed by atoms with Crippen LogP contribution in [0.25, 0.3) is 0 Å². The molecular formula is C24H33N3O5S2. The van der Waals surface area contributed by atoms with Crippen LogP contribution in [0.1, 0.15) is 44.7 Å². The third-order valence-corrected chi connectivity index (χ3v) is 7.50. The summed E-state index contributed by atoms with van der Waals surface area (Å²) in [6.07, 6.45) is 0. The summed E-state index contributed by atoms with van der Waals surface area (Å²) in [4.78, 5) is 12.4. The van der Waals surface area contributed by atoms with Crippen LogP contribution in [0.4, 0.5) is 5.69 Å². The maximum absolute atomic E-state index is 12.9. The smallest absolute Gasteiger partial charge is 0.264 e. The minimum absolute atomic E-state index is 0.00405. The fraction of sp³-hybridized carbons (Fsp3) is 0.417. The van der Waals surface area contributed by atoms with Gasteiger partial charge in [-0.1, -0.05) is 33.8 Å². The van der Waals surface area contributed by atoms with Crippen molar-refractivity contribution in [1.82, 2.24) is 9.62 Å². The van der Waals surface area contributed by atoms with E-state index in [1.54, 1.807) is 13.8 Å². The second-order valence-electron chi connectivity index (χ2n) is 7.92. The third-order valence-electron chi connectivity index (χ3n) is 5.25. The predicted octanol–water partition coefficient (Wildman–Crippen LogP) is 4.05. The topological polar surface area (TPSA) is 97.0 Å². The molecule has 1 amide bonds. The lowest BCUT2D eigenvalue weighted by molar-refractivity contribution is -0.121. The van der Waals surface area contributed by atoms with Crippen molar-refractivity contribution in [1.29, 1.82) is 0 Å². The van der Waals surface area contributed by atoms with Crippen molar-refractivity contribution in [3.8, 4) is 11.5 Å². The first-order valence-electron chi connectivity index (χ1n) is 11.1. The molecule has 0 saturated carbocycles. The molecule has 0 saturated heterocycles. The molecule has 34 heavy (non-hydrogen) atoms. The molecule has 2 N–H and O–H groups in total. The van der Waals surface area contributed by atoms with E-state index in [1.165, 1.54) is 35.2 Å². The lowest BCUT2D eigenvalue weighted by atomic mass is 9.98.